The summed E-state index contributed by atoms with van der Waals surface area (Å²) < 4.78 is 6.85. The number of thiazole rings is 1. The van der Waals surface area contributed by atoms with E-state index < -0.39 is 0 Å². The fourth-order valence-electron chi connectivity index (χ4n) is 2.30. The Morgan fingerprint density at radius 3 is 3.04 bits per heavy atom. The van der Waals surface area contributed by atoms with Crippen molar-refractivity contribution in [3.63, 3.8) is 0 Å². The molecule has 3 aromatic rings. The van der Waals surface area contributed by atoms with Crippen molar-refractivity contribution < 1.29 is 9.53 Å². The molecule has 1 aliphatic heterocycles. The smallest absolute Gasteiger partial charge is 0.149 e. The number of aldehydes is 1. The summed E-state index contributed by atoms with van der Waals surface area (Å²) in [7, 11) is 0. The molecule has 1 atom stereocenters. The van der Waals surface area contributed by atoms with Gasteiger partial charge in [-0.3, -0.25) is 9.98 Å². The highest BCUT2D eigenvalue weighted by molar-refractivity contribution is 8.15. The number of carbonyl (C=O) groups is 1. The van der Waals surface area contributed by atoms with Crippen molar-refractivity contribution >= 4 is 44.6 Å². The lowest BCUT2D eigenvalue weighted by molar-refractivity contribution is -0.108. The van der Waals surface area contributed by atoms with E-state index in [1.807, 2.05) is 36.4 Å². The van der Waals surface area contributed by atoms with Crippen LogP contribution < -0.4 is 4.74 Å². The molecule has 24 heavy (non-hydrogen) atoms. The van der Waals surface area contributed by atoms with Crippen molar-refractivity contribution in [3.8, 4) is 5.75 Å². The lowest BCUT2D eigenvalue weighted by atomic mass is 10.3. The number of aliphatic imine (C=N–C) groups is 1. The molecule has 1 aliphatic rings. The average molecular weight is 355 g/mol. The molecule has 0 spiro atoms. The van der Waals surface area contributed by atoms with E-state index in [1.165, 1.54) is 0 Å². The predicted octanol–water partition coefficient (Wildman–Crippen LogP) is 3.33. The van der Waals surface area contributed by atoms with Crippen molar-refractivity contribution in [2.24, 2.45) is 4.99 Å². The maximum absolute atomic E-state index is 10.8. The quantitative estimate of drug-likeness (QED) is 0.657. The van der Waals surface area contributed by atoms with Gasteiger partial charge in [0.05, 0.1) is 15.9 Å². The standard InChI is InChI=1S/C17H13N3O2S2/c21-8-12-10-23-16(19-12)17-20-14-5-4-13(7-15(14)24-17)22-9-11-3-1-2-6-18-11/h1-8,12H,9-10H2. The summed E-state index contributed by atoms with van der Waals surface area (Å²) in [5, 5.41) is 1.71. The third-order valence-electron chi connectivity index (χ3n) is 3.49. The number of aromatic nitrogens is 2. The Bertz CT molecular complexity index is 909. The monoisotopic (exact) mass is 355 g/mol. The largest absolute Gasteiger partial charge is 0.487 e. The van der Waals surface area contributed by atoms with Crippen LogP contribution in [0.25, 0.3) is 10.2 Å². The van der Waals surface area contributed by atoms with Crippen LogP contribution in [0.1, 0.15) is 10.7 Å². The van der Waals surface area contributed by atoms with Gasteiger partial charge in [-0.25, -0.2) is 4.98 Å². The number of hydrogen-bond acceptors (Lipinski definition) is 7. The third kappa shape index (κ3) is 3.18. The van der Waals surface area contributed by atoms with Gasteiger partial charge < -0.3 is 9.53 Å². The van der Waals surface area contributed by atoms with Gasteiger partial charge >= 0.3 is 0 Å². The summed E-state index contributed by atoms with van der Waals surface area (Å²) in [4.78, 5) is 24.1. The van der Waals surface area contributed by atoms with Crippen LogP contribution in [-0.4, -0.2) is 33.1 Å². The Kier molecular flexibility index (Phi) is 4.27. The summed E-state index contributed by atoms with van der Waals surface area (Å²) in [6.45, 7) is 0.432. The van der Waals surface area contributed by atoms with Crippen molar-refractivity contribution in [1.29, 1.82) is 0 Å². The number of benzene rings is 1. The summed E-state index contributed by atoms with van der Waals surface area (Å²) in [5.74, 6) is 1.49. The number of pyridine rings is 1. The summed E-state index contributed by atoms with van der Waals surface area (Å²) >= 11 is 3.15. The van der Waals surface area contributed by atoms with E-state index in [0.717, 1.165) is 38.0 Å². The van der Waals surface area contributed by atoms with E-state index in [1.54, 1.807) is 29.3 Å². The molecule has 0 aliphatic carbocycles. The average Bonchev–Trinajstić information content (AvgIpc) is 3.26. The molecule has 0 N–H and O–H groups in total. The van der Waals surface area contributed by atoms with Crippen LogP contribution in [-0.2, 0) is 11.4 Å². The van der Waals surface area contributed by atoms with Gasteiger partial charge in [0.1, 0.15) is 34.7 Å². The van der Waals surface area contributed by atoms with Crippen molar-refractivity contribution in [1.82, 2.24) is 9.97 Å². The molecule has 1 aromatic carbocycles. The summed E-state index contributed by atoms with van der Waals surface area (Å²) in [6, 6.07) is 11.4. The Balaban J connectivity index is 1.54. The fourth-order valence-corrected chi connectivity index (χ4v) is 4.35. The minimum absolute atomic E-state index is 0.241. The number of rotatable bonds is 5. The lowest BCUT2D eigenvalue weighted by Gasteiger charge is -2.05. The van der Waals surface area contributed by atoms with E-state index >= 15 is 0 Å². The number of thioether (sulfide) groups is 1. The summed E-state index contributed by atoms with van der Waals surface area (Å²) in [6.07, 6.45) is 2.64. The molecular weight excluding hydrogens is 342 g/mol. The lowest BCUT2D eigenvalue weighted by Crippen LogP contribution is -2.03. The van der Waals surface area contributed by atoms with Gasteiger partial charge in [0.2, 0.25) is 0 Å². The Labute approximate surface area is 146 Å². The minimum atomic E-state index is -0.241. The zero-order chi connectivity index (χ0) is 16.4. The maximum Gasteiger partial charge on any atom is 0.149 e. The number of hydrogen-bond donors (Lipinski definition) is 0. The Morgan fingerprint density at radius 1 is 1.29 bits per heavy atom. The van der Waals surface area contributed by atoms with Gasteiger partial charge in [0.25, 0.3) is 0 Å². The van der Waals surface area contributed by atoms with Gasteiger partial charge in [-0.1, -0.05) is 6.07 Å². The highest BCUT2D eigenvalue weighted by Gasteiger charge is 2.21. The molecule has 0 saturated heterocycles. The zero-order valence-corrected chi connectivity index (χ0v) is 14.2. The van der Waals surface area contributed by atoms with E-state index in [9.17, 15) is 4.79 Å². The molecule has 0 fully saturated rings. The molecule has 4 rings (SSSR count). The first-order valence-corrected chi connectivity index (χ1v) is 9.21. The van der Waals surface area contributed by atoms with Gasteiger partial charge in [-0.05, 0) is 30.3 Å². The molecule has 120 valence electrons. The van der Waals surface area contributed by atoms with E-state index in [4.69, 9.17) is 4.74 Å². The van der Waals surface area contributed by atoms with Crippen molar-refractivity contribution in [2.75, 3.05) is 5.75 Å². The van der Waals surface area contributed by atoms with Gasteiger partial charge in [-0.15, -0.1) is 23.1 Å². The summed E-state index contributed by atoms with van der Waals surface area (Å²) in [5.41, 5.74) is 1.80. The van der Waals surface area contributed by atoms with Gasteiger partial charge in [0, 0.05) is 11.9 Å². The minimum Gasteiger partial charge on any atom is -0.487 e. The van der Waals surface area contributed by atoms with Gasteiger partial charge in [0.15, 0.2) is 0 Å². The Hall–Kier alpha value is -2.25. The predicted molar refractivity (Wildman–Crippen MR) is 97.0 cm³/mol. The number of ether oxygens (including phenoxy) is 1. The van der Waals surface area contributed by atoms with E-state index in [2.05, 4.69) is 15.0 Å². The first kappa shape index (κ1) is 15.3. The molecule has 0 amide bonds. The van der Waals surface area contributed by atoms with Crippen LogP contribution >= 0.6 is 23.1 Å². The SMILES string of the molecule is O=CC1CSC(c2nc3ccc(OCc4ccccn4)cc3s2)=N1. The zero-order valence-electron chi connectivity index (χ0n) is 12.6. The molecule has 5 nitrogen and oxygen atoms in total. The topological polar surface area (TPSA) is 64.4 Å². The van der Waals surface area contributed by atoms with Crippen LogP contribution in [0.3, 0.4) is 0 Å². The fraction of sp³-hybridized carbons (Fsp3) is 0.176. The molecule has 0 radical (unpaired) electrons. The second kappa shape index (κ2) is 6.70. The molecular formula is C17H13N3O2S2. The van der Waals surface area contributed by atoms with Crippen LogP contribution in [0.15, 0.2) is 47.6 Å². The molecule has 0 bridgehead atoms. The molecule has 2 aromatic heterocycles. The van der Waals surface area contributed by atoms with Crippen LogP contribution in [0.2, 0.25) is 0 Å². The van der Waals surface area contributed by atoms with Crippen molar-refractivity contribution in [3.05, 3.63) is 53.3 Å². The second-order valence-corrected chi connectivity index (χ2v) is 7.25. The molecule has 1 unspecified atom stereocenters. The highest BCUT2D eigenvalue weighted by atomic mass is 32.2. The number of carbonyl (C=O) groups excluding carboxylic acids is 1. The van der Waals surface area contributed by atoms with Crippen LogP contribution in [0.4, 0.5) is 0 Å². The number of fused-ring (bicyclic) bond motifs is 1. The third-order valence-corrected chi connectivity index (χ3v) is 5.72. The molecule has 7 heteroatoms. The van der Waals surface area contributed by atoms with Gasteiger partial charge in [-0.2, -0.15) is 0 Å². The van der Waals surface area contributed by atoms with Crippen LogP contribution in [0.5, 0.6) is 5.75 Å². The second-order valence-electron chi connectivity index (χ2n) is 5.21. The van der Waals surface area contributed by atoms with Crippen LogP contribution in [0, 0.1) is 0 Å². The molecule has 0 saturated carbocycles. The first-order valence-electron chi connectivity index (χ1n) is 7.41. The maximum atomic E-state index is 10.8. The van der Waals surface area contributed by atoms with Crippen molar-refractivity contribution in [2.45, 2.75) is 12.6 Å². The normalized spacial score (nSPS) is 17.0. The van der Waals surface area contributed by atoms with E-state index in [-0.39, 0.29) is 6.04 Å². The molecule has 3 heterocycles. The first-order chi connectivity index (χ1) is 11.8. The Morgan fingerprint density at radius 2 is 2.25 bits per heavy atom. The highest BCUT2D eigenvalue weighted by Crippen LogP contribution is 2.31. The van der Waals surface area contributed by atoms with E-state index in [0.29, 0.717) is 12.4 Å². The number of nitrogens with zero attached hydrogens (tertiary/aromatic N) is 3.